The van der Waals surface area contributed by atoms with Crippen LogP contribution in [0.1, 0.15) is 16.7 Å². The van der Waals surface area contributed by atoms with Crippen LogP contribution in [-0.2, 0) is 6.54 Å². The standard InChI is InChI=1S/C52H33N3O3/c1-53-52(42-19-11-23-46-49(42)41-18-9-17-39(50(41)58-46)38-16-10-22-45-48(38)40-15-6-8-21-44(40)56-45)55-51(35-28-29-37-36-14-5-7-20-43(36)57-47(37)30-35)54-31-32-24-26-34(27-25-32)33-12-3-2-4-13-33/h2-30H,1,31H2/b54-51-,55-52-. The summed E-state index contributed by atoms with van der Waals surface area (Å²) < 4.78 is 19.3. The summed E-state index contributed by atoms with van der Waals surface area (Å²) in [5, 5.41) is 6.06. The van der Waals surface area contributed by atoms with Crippen LogP contribution in [0.3, 0.4) is 0 Å². The maximum atomic E-state index is 6.73. The van der Waals surface area contributed by atoms with Gasteiger partial charge in [0.15, 0.2) is 11.7 Å². The van der Waals surface area contributed by atoms with Gasteiger partial charge in [-0.2, -0.15) is 0 Å². The molecule has 0 N–H and O–H groups in total. The van der Waals surface area contributed by atoms with Gasteiger partial charge in [0.05, 0.1) is 6.54 Å². The lowest BCUT2D eigenvalue weighted by atomic mass is 9.97. The lowest BCUT2D eigenvalue weighted by Gasteiger charge is -2.08. The van der Waals surface area contributed by atoms with Gasteiger partial charge < -0.3 is 13.3 Å². The Balaban J connectivity index is 1.05. The van der Waals surface area contributed by atoms with Crippen molar-refractivity contribution in [3.05, 3.63) is 193 Å². The van der Waals surface area contributed by atoms with Gasteiger partial charge in [-0.3, -0.25) is 4.99 Å². The molecule has 0 aliphatic rings. The van der Waals surface area contributed by atoms with E-state index < -0.39 is 0 Å². The maximum Gasteiger partial charge on any atom is 0.161 e. The largest absolute Gasteiger partial charge is 0.456 e. The molecule has 0 fully saturated rings. The molecule has 11 aromatic rings. The first-order chi connectivity index (χ1) is 28.7. The van der Waals surface area contributed by atoms with Crippen LogP contribution in [0.25, 0.3) is 88.1 Å². The van der Waals surface area contributed by atoms with Crippen molar-refractivity contribution < 1.29 is 13.3 Å². The number of hydrogen-bond acceptors (Lipinski definition) is 4. The van der Waals surface area contributed by atoms with Gasteiger partial charge in [0, 0.05) is 49.0 Å². The Morgan fingerprint density at radius 3 is 1.90 bits per heavy atom. The lowest BCUT2D eigenvalue weighted by Crippen LogP contribution is -2.06. The molecule has 0 aliphatic carbocycles. The van der Waals surface area contributed by atoms with Crippen LogP contribution in [0.15, 0.2) is 204 Å². The summed E-state index contributed by atoms with van der Waals surface area (Å²) in [6.07, 6.45) is 0. The van der Waals surface area contributed by atoms with Gasteiger partial charge in [-0.25, -0.2) is 9.98 Å². The summed E-state index contributed by atoms with van der Waals surface area (Å²) in [5.74, 6) is 0.949. The Bertz CT molecular complexity index is 3440. The van der Waals surface area contributed by atoms with Crippen LogP contribution in [0.2, 0.25) is 0 Å². The van der Waals surface area contributed by atoms with Crippen molar-refractivity contribution >= 4 is 84.2 Å². The third kappa shape index (κ3) is 5.61. The third-order valence-electron chi connectivity index (χ3n) is 10.9. The van der Waals surface area contributed by atoms with Crippen molar-refractivity contribution in [2.24, 2.45) is 15.0 Å². The lowest BCUT2D eigenvalue weighted by molar-refractivity contribution is 0.668. The molecule has 6 nitrogen and oxygen atoms in total. The Morgan fingerprint density at radius 2 is 1.07 bits per heavy atom. The molecule has 6 heteroatoms. The summed E-state index contributed by atoms with van der Waals surface area (Å²) >= 11 is 0. The van der Waals surface area contributed by atoms with Gasteiger partial charge in [-0.15, -0.1) is 0 Å². The summed E-state index contributed by atoms with van der Waals surface area (Å²) in [6, 6.07) is 59.6. The van der Waals surface area contributed by atoms with E-state index in [0.29, 0.717) is 18.2 Å². The van der Waals surface area contributed by atoms with E-state index >= 15 is 0 Å². The molecule has 8 aromatic carbocycles. The zero-order chi connectivity index (χ0) is 38.6. The average molecular weight is 748 g/mol. The predicted octanol–water partition coefficient (Wildman–Crippen LogP) is 13.8. The van der Waals surface area contributed by atoms with E-state index in [1.807, 2.05) is 84.9 Å². The van der Waals surface area contributed by atoms with E-state index in [4.69, 9.17) is 23.2 Å². The zero-order valence-corrected chi connectivity index (χ0v) is 31.2. The van der Waals surface area contributed by atoms with Crippen LogP contribution in [0.4, 0.5) is 0 Å². The maximum absolute atomic E-state index is 6.73. The molecule has 3 aromatic heterocycles. The van der Waals surface area contributed by atoms with Crippen LogP contribution in [0.5, 0.6) is 0 Å². The number of benzene rings is 8. The zero-order valence-electron chi connectivity index (χ0n) is 31.2. The normalized spacial score (nSPS) is 12.5. The Labute approximate surface area is 332 Å². The SMILES string of the molecule is C=N/C(=N\C(=N/Cc1ccc(-c2ccccc2)cc1)c1ccc2c(c1)oc1ccccc12)c1cccc2oc3c(-c4cccc5oc6ccccc6c45)cccc3c12. The van der Waals surface area contributed by atoms with Crippen LogP contribution >= 0.6 is 0 Å². The van der Waals surface area contributed by atoms with Crippen LogP contribution < -0.4 is 0 Å². The molecule has 0 radical (unpaired) electrons. The van der Waals surface area contributed by atoms with Gasteiger partial charge in [-0.05, 0) is 65.4 Å². The summed E-state index contributed by atoms with van der Waals surface area (Å²) in [5.41, 5.74) is 11.8. The van der Waals surface area contributed by atoms with Gasteiger partial charge in [-0.1, -0.05) is 140 Å². The summed E-state index contributed by atoms with van der Waals surface area (Å²) in [4.78, 5) is 14.9. The smallest absolute Gasteiger partial charge is 0.161 e. The monoisotopic (exact) mass is 747 g/mol. The van der Waals surface area contributed by atoms with Crippen molar-refractivity contribution in [1.29, 1.82) is 0 Å². The summed E-state index contributed by atoms with van der Waals surface area (Å²) in [7, 11) is 0. The van der Waals surface area contributed by atoms with E-state index in [1.54, 1.807) is 0 Å². The number of nitrogens with zero attached hydrogens (tertiary/aromatic N) is 3. The Morgan fingerprint density at radius 1 is 0.448 bits per heavy atom. The second-order valence-electron chi connectivity index (χ2n) is 14.3. The van der Waals surface area contributed by atoms with Crippen LogP contribution in [0, 0.1) is 0 Å². The fraction of sp³-hybridized carbons (Fsp3) is 0.0192. The highest BCUT2D eigenvalue weighted by Crippen LogP contribution is 2.42. The highest BCUT2D eigenvalue weighted by atomic mass is 16.3. The van der Waals surface area contributed by atoms with Gasteiger partial charge in [0.1, 0.15) is 33.5 Å². The Kier molecular flexibility index (Phi) is 7.93. The van der Waals surface area contributed by atoms with E-state index in [1.165, 1.54) is 5.56 Å². The number of hydrogen-bond donors (Lipinski definition) is 0. The predicted molar refractivity (Wildman–Crippen MR) is 238 cm³/mol. The first-order valence-corrected chi connectivity index (χ1v) is 19.2. The molecule has 0 saturated carbocycles. The quantitative estimate of drug-likeness (QED) is 0.125. The first kappa shape index (κ1) is 33.5. The van der Waals surface area contributed by atoms with Gasteiger partial charge >= 0.3 is 0 Å². The number of amidine groups is 2. The molecular formula is C52H33N3O3. The van der Waals surface area contributed by atoms with E-state index in [-0.39, 0.29) is 0 Å². The third-order valence-corrected chi connectivity index (χ3v) is 10.9. The number of para-hydroxylation sites is 3. The van der Waals surface area contributed by atoms with Crippen molar-refractivity contribution in [1.82, 2.24) is 0 Å². The first-order valence-electron chi connectivity index (χ1n) is 19.2. The van der Waals surface area contributed by atoms with Gasteiger partial charge in [0.2, 0.25) is 0 Å². The molecule has 0 bridgehead atoms. The highest BCUT2D eigenvalue weighted by molar-refractivity contribution is 6.24. The number of rotatable bonds is 6. The molecule has 0 spiro atoms. The topological polar surface area (TPSA) is 76.5 Å². The number of fused-ring (bicyclic) bond motifs is 9. The molecule has 0 amide bonds. The Hall–Kier alpha value is -7.83. The van der Waals surface area contributed by atoms with Crippen molar-refractivity contribution in [2.45, 2.75) is 6.54 Å². The molecule has 3 heterocycles. The van der Waals surface area contributed by atoms with Crippen LogP contribution in [-0.4, -0.2) is 18.4 Å². The molecule has 0 unspecified atom stereocenters. The molecular weight excluding hydrogens is 715 g/mol. The molecule has 0 atom stereocenters. The molecule has 0 aliphatic heterocycles. The second kappa shape index (κ2) is 13.7. The minimum Gasteiger partial charge on any atom is -0.456 e. The number of furan rings is 3. The van der Waals surface area contributed by atoms with Gasteiger partial charge in [0.25, 0.3) is 0 Å². The van der Waals surface area contributed by atoms with E-state index in [0.717, 1.165) is 99.2 Å². The minimum atomic E-state index is 0.410. The van der Waals surface area contributed by atoms with E-state index in [2.05, 4.69) is 103 Å². The molecule has 11 rings (SSSR count). The van der Waals surface area contributed by atoms with Crippen molar-refractivity contribution in [3.8, 4) is 22.3 Å². The average Bonchev–Trinajstić information content (AvgIpc) is 3.98. The van der Waals surface area contributed by atoms with E-state index in [9.17, 15) is 0 Å². The molecule has 274 valence electrons. The highest BCUT2D eigenvalue weighted by Gasteiger charge is 2.21. The minimum absolute atomic E-state index is 0.410. The number of aliphatic imine (C=N–C) groups is 3. The van der Waals surface area contributed by atoms with Crippen molar-refractivity contribution in [2.75, 3.05) is 0 Å². The fourth-order valence-corrected chi connectivity index (χ4v) is 8.18. The molecule has 0 saturated heterocycles. The summed E-state index contributed by atoms with van der Waals surface area (Å²) in [6.45, 7) is 4.43. The fourth-order valence-electron chi connectivity index (χ4n) is 8.18. The van der Waals surface area contributed by atoms with Crippen molar-refractivity contribution in [3.63, 3.8) is 0 Å². The second-order valence-corrected chi connectivity index (χ2v) is 14.3. The molecule has 58 heavy (non-hydrogen) atoms.